The first-order chi connectivity index (χ1) is 4.18. The second-order valence-corrected chi connectivity index (χ2v) is 1.85. The molecule has 0 saturated carbocycles. The van der Waals surface area contributed by atoms with E-state index in [1.807, 2.05) is 0 Å². The van der Waals surface area contributed by atoms with E-state index in [0.717, 1.165) is 0 Å². The predicted octanol–water partition coefficient (Wildman–Crippen LogP) is 0.188. The number of carbonyl (C=O) groups is 2. The third-order valence-corrected chi connectivity index (χ3v) is 1.00. The lowest BCUT2D eigenvalue weighted by atomic mass is 10.2. The van der Waals surface area contributed by atoms with Crippen LogP contribution in [0.1, 0.15) is 12.8 Å². The first kappa shape index (κ1) is 6.19. The van der Waals surface area contributed by atoms with Crippen molar-refractivity contribution in [2.24, 2.45) is 0 Å². The first-order valence-corrected chi connectivity index (χ1v) is 2.56. The van der Waals surface area contributed by atoms with Gasteiger partial charge in [0.1, 0.15) is 6.17 Å². The van der Waals surface area contributed by atoms with Gasteiger partial charge in [0, 0.05) is 0 Å². The van der Waals surface area contributed by atoms with Gasteiger partial charge in [0.15, 0.2) is 0 Å². The maximum atomic E-state index is 12.2. The molecule has 0 N–H and O–H groups in total. The van der Waals surface area contributed by atoms with Crippen LogP contribution in [0.4, 0.5) is 4.39 Å². The monoisotopic (exact) mass is 132 g/mol. The molecule has 1 aliphatic rings. The lowest BCUT2D eigenvalue weighted by Gasteiger charge is -2.11. The number of hydrogen-bond donors (Lipinski definition) is 0. The van der Waals surface area contributed by atoms with Crippen LogP contribution in [0.3, 0.4) is 0 Å². The molecule has 0 atom stereocenters. The van der Waals surface area contributed by atoms with Crippen molar-refractivity contribution in [3.63, 3.8) is 0 Å². The third kappa shape index (κ3) is 1.48. The van der Waals surface area contributed by atoms with Crippen LogP contribution in [-0.4, -0.2) is 18.1 Å². The molecule has 0 aromatic carbocycles. The zero-order valence-electron chi connectivity index (χ0n) is 4.59. The Hall–Kier alpha value is -0.930. The van der Waals surface area contributed by atoms with Crippen molar-refractivity contribution in [2.45, 2.75) is 19.0 Å². The Morgan fingerprint density at radius 1 is 1.33 bits per heavy atom. The topological polar surface area (TPSA) is 43.4 Å². The van der Waals surface area contributed by atoms with Gasteiger partial charge in [0.2, 0.25) is 0 Å². The zero-order chi connectivity index (χ0) is 6.85. The molecule has 4 heteroatoms. The van der Waals surface area contributed by atoms with Crippen LogP contribution in [-0.2, 0) is 14.3 Å². The summed E-state index contributed by atoms with van der Waals surface area (Å²) < 4.78 is 16.2. The van der Waals surface area contributed by atoms with Crippen molar-refractivity contribution in [3.05, 3.63) is 0 Å². The highest BCUT2D eigenvalue weighted by molar-refractivity contribution is 5.88. The number of esters is 2. The smallest absolute Gasteiger partial charge is 0.316 e. The van der Waals surface area contributed by atoms with E-state index in [0.29, 0.717) is 0 Å². The fraction of sp³-hybridized carbons (Fsp3) is 0.600. The molecule has 0 radical (unpaired) electrons. The molecule has 9 heavy (non-hydrogen) atoms. The number of carbonyl (C=O) groups excluding carboxylic acids is 2. The summed E-state index contributed by atoms with van der Waals surface area (Å²) in [4.78, 5) is 20.4. The Bertz CT molecular complexity index is 138. The second kappa shape index (κ2) is 2.13. The first-order valence-electron chi connectivity index (χ1n) is 2.56. The predicted molar refractivity (Wildman–Crippen MR) is 25.2 cm³/mol. The minimum absolute atomic E-state index is 0.286. The molecule has 1 heterocycles. The van der Waals surface area contributed by atoms with E-state index in [2.05, 4.69) is 4.74 Å². The minimum atomic E-state index is -1.33. The van der Waals surface area contributed by atoms with Crippen molar-refractivity contribution in [1.82, 2.24) is 0 Å². The summed E-state index contributed by atoms with van der Waals surface area (Å²) >= 11 is 0. The van der Waals surface area contributed by atoms with Crippen LogP contribution in [0.2, 0.25) is 0 Å². The standard InChI is InChI=1S/C5H5FO3/c6-3-1-4(7)9-5(8)2-3/h3H,1-2H2. The van der Waals surface area contributed by atoms with Gasteiger partial charge < -0.3 is 4.74 Å². The molecule has 1 saturated heterocycles. The zero-order valence-corrected chi connectivity index (χ0v) is 4.59. The van der Waals surface area contributed by atoms with E-state index in [1.165, 1.54) is 0 Å². The molecule has 1 aliphatic heterocycles. The Balaban J connectivity index is 2.53. The molecule has 0 aromatic rings. The summed E-state index contributed by atoms with van der Waals surface area (Å²) in [5.74, 6) is -1.53. The van der Waals surface area contributed by atoms with Crippen LogP contribution >= 0.6 is 0 Å². The van der Waals surface area contributed by atoms with Crippen LogP contribution in [0.5, 0.6) is 0 Å². The van der Waals surface area contributed by atoms with E-state index in [4.69, 9.17) is 0 Å². The highest BCUT2D eigenvalue weighted by atomic mass is 19.1. The quantitative estimate of drug-likeness (QED) is 0.349. The summed E-state index contributed by atoms with van der Waals surface area (Å²) in [6, 6.07) is 0. The molecular weight excluding hydrogens is 127 g/mol. The molecule has 0 amide bonds. The highest BCUT2D eigenvalue weighted by Crippen LogP contribution is 2.11. The number of alkyl halides is 1. The Morgan fingerprint density at radius 3 is 2.11 bits per heavy atom. The summed E-state index contributed by atoms with van der Waals surface area (Å²) in [6.07, 6.45) is -1.91. The second-order valence-electron chi connectivity index (χ2n) is 1.85. The van der Waals surface area contributed by atoms with Crippen molar-refractivity contribution in [1.29, 1.82) is 0 Å². The minimum Gasteiger partial charge on any atom is -0.393 e. The van der Waals surface area contributed by atoms with Crippen LogP contribution in [0.15, 0.2) is 0 Å². The molecule has 0 aromatic heterocycles. The van der Waals surface area contributed by atoms with Gasteiger partial charge in [-0.2, -0.15) is 0 Å². The van der Waals surface area contributed by atoms with Gasteiger partial charge >= 0.3 is 11.9 Å². The molecular formula is C5H5FO3. The van der Waals surface area contributed by atoms with E-state index in [1.54, 1.807) is 0 Å². The van der Waals surface area contributed by atoms with Gasteiger partial charge in [0.05, 0.1) is 12.8 Å². The molecule has 50 valence electrons. The van der Waals surface area contributed by atoms with E-state index >= 15 is 0 Å². The number of hydrogen-bond acceptors (Lipinski definition) is 3. The largest absolute Gasteiger partial charge is 0.393 e. The molecule has 0 unspecified atom stereocenters. The van der Waals surface area contributed by atoms with Crippen LogP contribution < -0.4 is 0 Å². The van der Waals surface area contributed by atoms with Gasteiger partial charge in [-0.1, -0.05) is 0 Å². The van der Waals surface area contributed by atoms with E-state index in [-0.39, 0.29) is 12.8 Å². The average molecular weight is 132 g/mol. The molecule has 0 bridgehead atoms. The van der Waals surface area contributed by atoms with Crippen LogP contribution in [0, 0.1) is 0 Å². The molecule has 0 aliphatic carbocycles. The normalized spacial score (nSPS) is 21.9. The Kier molecular flexibility index (Phi) is 1.46. The summed E-state index contributed by atoms with van der Waals surface area (Å²) in [7, 11) is 0. The lowest BCUT2D eigenvalue weighted by Crippen LogP contribution is -2.26. The summed E-state index contributed by atoms with van der Waals surface area (Å²) in [5, 5.41) is 0. The molecule has 0 spiro atoms. The molecule has 1 fully saturated rings. The fourth-order valence-corrected chi connectivity index (χ4v) is 0.644. The maximum absolute atomic E-state index is 12.2. The van der Waals surface area contributed by atoms with Crippen molar-refractivity contribution in [2.75, 3.05) is 0 Å². The number of cyclic esters (lactones) is 2. The molecule has 3 nitrogen and oxygen atoms in total. The maximum Gasteiger partial charge on any atom is 0.316 e. The van der Waals surface area contributed by atoms with E-state index in [9.17, 15) is 14.0 Å². The van der Waals surface area contributed by atoms with Gasteiger partial charge in [-0.25, -0.2) is 4.39 Å². The van der Waals surface area contributed by atoms with Crippen molar-refractivity contribution < 1.29 is 18.7 Å². The van der Waals surface area contributed by atoms with Crippen molar-refractivity contribution >= 4 is 11.9 Å². The SMILES string of the molecule is O=C1CC(F)CC(=O)O1. The molecule has 1 rings (SSSR count). The van der Waals surface area contributed by atoms with Gasteiger partial charge in [-0.15, -0.1) is 0 Å². The van der Waals surface area contributed by atoms with Gasteiger partial charge in [-0.3, -0.25) is 9.59 Å². The van der Waals surface area contributed by atoms with Gasteiger partial charge in [0.25, 0.3) is 0 Å². The van der Waals surface area contributed by atoms with Gasteiger partial charge in [-0.05, 0) is 0 Å². The summed E-state index contributed by atoms with van der Waals surface area (Å²) in [5.41, 5.74) is 0. The summed E-state index contributed by atoms with van der Waals surface area (Å²) in [6.45, 7) is 0. The Morgan fingerprint density at radius 2 is 1.78 bits per heavy atom. The Labute approximate surface area is 50.8 Å². The highest BCUT2D eigenvalue weighted by Gasteiger charge is 2.26. The number of ether oxygens (including phenoxy) is 1. The van der Waals surface area contributed by atoms with E-state index < -0.39 is 18.1 Å². The fourth-order valence-electron chi connectivity index (χ4n) is 0.644. The lowest BCUT2D eigenvalue weighted by molar-refractivity contribution is -0.165. The number of rotatable bonds is 0. The number of halogens is 1. The average Bonchev–Trinajstić information content (AvgIpc) is 1.59. The van der Waals surface area contributed by atoms with Crippen molar-refractivity contribution in [3.8, 4) is 0 Å². The van der Waals surface area contributed by atoms with Crippen LogP contribution in [0.25, 0.3) is 0 Å². The third-order valence-electron chi connectivity index (χ3n) is 1.00.